The van der Waals surface area contributed by atoms with Gasteiger partial charge in [-0.05, 0) is 58.4 Å². The van der Waals surface area contributed by atoms with Crippen molar-refractivity contribution in [2.24, 2.45) is 17.8 Å². The number of carboxylic acid groups (broad SMARTS) is 1. The molecule has 182 valence electrons. The van der Waals surface area contributed by atoms with Gasteiger partial charge in [0, 0.05) is 32.7 Å². The van der Waals surface area contributed by atoms with E-state index in [1.54, 1.807) is 15.9 Å². The van der Waals surface area contributed by atoms with Gasteiger partial charge in [-0.3, -0.25) is 14.4 Å². The van der Waals surface area contributed by atoms with Crippen LogP contribution in [-0.4, -0.2) is 77.1 Å². The Kier molecular flexibility index (Phi) is 9.32. The number of carbonyl (C=O) groups excluding carboxylic acids is 3. The van der Waals surface area contributed by atoms with Crippen LogP contribution in [0.4, 0.5) is 4.79 Å². The van der Waals surface area contributed by atoms with Crippen molar-refractivity contribution >= 4 is 23.9 Å². The average molecular weight is 462 g/mol. The van der Waals surface area contributed by atoms with Crippen molar-refractivity contribution < 1.29 is 29.0 Å². The first kappa shape index (κ1) is 26.2. The molecule has 0 saturated carbocycles. The molecule has 2 saturated heterocycles. The zero-order valence-corrected chi connectivity index (χ0v) is 19.7. The van der Waals surface area contributed by atoms with Crippen LogP contribution in [0.15, 0.2) is 12.2 Å². The second-order valence-corrected chi connectivity index (χ2v) is 9.59. The molecule has 33 heavy (non-hydrogen) atoms. The number of hydrogen-bond acceptors (Lipinski definition) is 5. The third kappa shape index (κ3) is 8.44. The Bertz CT molecular complexity index is 802. The molecular formula is C24H35N3O6. The highest BCUT2D eigenvalue weighted by atomic mass is 16.6. The fourth-order valence-corrected chi connectivity index (χ4v) is 3.88. The van der Waals surface area contributed by atoms with Gasteiger partial charge in [-0.15, -0.1) is 6.42 Å². The molecule has 2 aliphatic rings. The molecule has 0 aromatic heterocycles. The number of carbonyl (C=O) groups is 4. The van der Waals surface area contributed by atoms with E-state index in [1.165, 1.54) is 0 Å². The molecular weight excluding hydrogens is 426 g/mol. The van der Waals surface area contributed by atoms with E-state index in [2.05, 4.69) is 11.2 Å². The van der Waals surface area contributed by atoms with Crippen LogP contribution < -0.4 is 5.32 Å². The minimum atomic E-state index is -1.15. The number of ether oxygens (including phenoxy) is 1. The Morgan fingerprint density at radius 3 is 2.39 bits per heavy atom. The van der Waals surface area contributed by atoms with E-state index < -0.39 is 17.5 Å². The molecule has 0 bridgehead atoms. The van der Waals surface area contributed by atoms with E-state index >= 15 is 0 Å². The number of rotatable bonds is 6. The maximum atomic E-state index is 12.7. The molecule has 0 spiro atoms. The lowest BCUT2D eigenvalue weighted by Crippen LogP contribution is -2.46. The maximum Gasteiger partial charge on any atom is 0.410 e. The fraction of sp³-hybridized carbons (Fsp3) is 0.667. The number of piperidine rings is 2. The molecule has 0 aliphatic carbocycles. The molecule has 2 fully saturated rings. The van der Waals surface area contributed by atoms with Crippen LogP contribution >= 0.6 is 0 Å². The number of allylic oxidation sites excluding steroid dienone is 1. The van der Waals surface area contributed by atoms with Crippen LogP contribution in [0, 0.1) is 30.1 Å². The normalized spacial score (nSPS) is 20.7. The van der Waals surface area contributed by atoms with Gasteiger partial charge in [0.15, 0.2) is 0 Å². The Morgan fingerprint density at radius 1 is 1.15 bits per heavy atom. The molecule has 0 aromatic carbocycles. The largest absolute Gasteiger partial charge is 0.480 e. The van der Waals surface area contributed by atoms with Gasteiger partial charge in [-0.2, -0.15) is 0 Å². The van der Waals surface area contributed by atoms with Crippen molar-refractivity contribution in [3.8, 4) is 12.3 Å². The molecule has 3 amide bonds. The van der Waals surface area contributed by atoms with Gasteiger partial charge in [0.25, 0.3) is 0 Å². The van der Waals surface area contributed by atoms with E-state index in [9.17, 15) is 19.2 Å². The molecule has 9 nitrogen and oxygen atoms in total. The molecule has 2 atom stereocenters. The zero-order chi connectivity index (χ0) is 24.6. The maximum absolute atomic E-state index is 12.7. The minimum Gasteiger partial charge on any atom is -0.480 e. The molecule has 0 radical (unpaired) electrons. The Morgan fingerprint density at radius 2 is 1.82 bits per heavy atom. The quantitative estimate of drug-likeness (QED) is 0.461. The van der Waals surface area contributed by atoms with Crippen molar-refractivity contribution in [2.75, 3.05) is 32.7 Å². The van der Waals surface area contributed by atoms with Crippen molar-refractivity contribution in [1.82, 2.24) is 15.1 Å². The number of hydrogen-bond donors (Lipinski definition) is 2. The smallest absolute Gasteiger partial charge is 0.410 e. The number of aliphatic carboxylic acids is 1. The molecule has 2 N–H and O–H groups in total. The summed E-state index contributed by atoms with van der Waals surface area (Å²) in [6.45, 7) is 7.42. The van der Waals surface area contributed by atoms with E-state index in [1.807, 2.05) is 26.8 Å². The third-order valence-corrected chi connectivity index (χ3v) is 5.79. The molecule has 9 heteroatoms. The number of carboxylic acids is 1. The van der Waals surface area contributed by atoms with E-state index in [0.717, 1.165) is 12.8 Å². The van der Waals surface area contributed by atoms with E-state index in [0.29, 0.717) is 39.0 Å². The Labute approximate surface area is 195 Å². The van der Waals surface area contributed by atoms with Crippen LogP contribution in [0.25, 0.3) is 0 Å². The predicted octanol–water partition coefficient (Wildman–Crippen LogP) is 1.88. The SMILES string of the molecule is C#C[C@@H](CNC(=O)[C@@H]1CCCN(C(=O)/C=C/C2CCN(C(=O)OC(C)(C)C)CC2)C1)C(=O)O. The monoisotopic (exact) mass is 461 g/mol. The topological polar surface area (TPSA) is 116 Å². The Hall–Kier alpha value is -3.02. The summed E-state index contributed by atoms with van der Waals surface area (Å²) in [4.78, 5) is 51.6. The summed E-state index contributed by atoms with van der Waals surface area (Å²) in [6, 6.07) is 0. The van der Waals surface area contributed by atoms with Crippen LogP contribution in [0.2, 0.25) is 0 Å². The molecule has 2 aliphatic heterocycles. The number of nitrogens with zero attached hydrogens (tertiary/aromatic N) is 2. The summed E-state index contributed by atoms with van der Waals surface area (Å²) >= 11 is 0. The number of nitrogens with one attached hydrogen (secondary N) is 1. The zero-order valence-electron chi connectivity index (χ0n) is 19.7. The van der Waals surface area contributed by atoms with Crippen molar-refractivity contribution in [1.29, 1.82) is 0 Å². The molecule has 2 rings (SSSR count). The molecule has 0 unspecified atom stereocenters. The first-order chi connectivity index (χ1) is 15.5. The van der Waals surface area contributed by atoms with Crippen LogP contribution in [0.1, 0.15) is 46.5 Å². The highest BCUT2D eigenvalue weighted by Crippen LogP contribution is 2.22. The van der Waals surface area contributed by atoms with Gasteiger partial charge in [-0.25, -0.2) is 4.79 Å². The van der Waals surface area contributed by atoms with Crippen LogP contribution in [-0.2, 0) is 19.1 Å². The standard InChI is InChI=1S/C24H35N3O6/c1-5-18(22(30)31)15-25-21(29)19-7-6-12-27(16-19)20(28)9-8-17-10-13-26(14-11-17)23(32)33-24(2,3)4/h1,8-9,17-19H,6-7,10-16H2,2-4H3,(H,25,29)(H,30,31)/b9-8+/t18-,19+/m0/s1. The van der Waals surface area contributed by atoms with Gasteiger partial charge in [0.2, 0.25) is 11.8 Å². The Balaban J connectivity index is 1.79. The van der Waals surface area contributed by atoms with E-state index in [-0.39, 0.29) is 36.3 Å². The third-order valence-electron chi connectivity index (χ3n) is 5.79. The second-order valence-electron chi connectivity index (χ2n) is 9.59. The summed E-state index contributed by atoms with van der Waals surface area (Å²) in [5.41, 5.74) is -0.525. The minimum absolute atomic E-state index is 0.128. The summed E-state index contributed by atoms with van der Waals surface area (Å²) in [6.07, 6.45) is 11.2. The number of amides is 3. The van der Waals surface area contributed by atoms with Gasteiger partial charge in [0.1, 0.15) is 11.5 Å². The van der Waals surface area contributed by atoms with Crippen molar-refractivity contribution in [3.63, 3.8) is 0 Å². The first-order valence-corrected chi connectivity index (χ1v) is 11.4. The predicted molar refractivity (Wildman–Crippen MR) is 122 cm³/mol. The van der Waals surface area contributed by atoms with Gasteiger partial charge in [0.05, 0.1) is 5.92 Å². The molecule has 0 aromatic rings. The fourth-order valence-electron chi connectivity index (χ4n) is 3.88. The lowest BCUT2D eigenvalue weighted by molar-refractivity contribution is -0.139. The second kappa shape index (κ2) is 11.7. The summed E-state index contributed by atoms with van der Waals surface area (Å²) in [7, 11) is 0. The summed E-state index contributed by atoms with van der Waals surface area (Å²) < 4.78 is 5.40. The highest BCUT2D eigenvalue weighted by Gasteiger charge is 2.29. The van der Waals surface area contributed by atoms with E-state index in [4.69, 9.17) is 16.3 Å². The van der Waals surface area contributed by atoms with Gasteiger partial charge >= 0.3 is 12.1 Å². The molecule has 2 heterocycles. The van der Waals surface area contributed by atoms with Crippen molar-refractivity contribution in [2.45, 2.75) is 52.1 Å². The summed E-state index contributed by atoms with van der Waals surface area (Å²) in [5, 5.41) is 11.6. The summed E-state index contributed by atoms with van der Waals surface area (Å²) in [5.74, 6) is -0.701. The first-order valence-electron chi connectivity index (χ1n) is 11.4. The average Bonchev–Trinajstić information content (AvgIpc) is 2.76. The van der Waals surface area contributed by atoms with Gasteiger partial charge < -0.3 is 25.0 Å². The lowest BCUT2D eigenvalue weighted by Gasteiger charge is -2.33. The van der Waals surface area contributed by atoms with Crippen molar-refractivity contribution in [3.05, 3.63) is 12.2 Å². The van der Waals surface area contributed by atoms with Crippen LogP contribution in [0.5, 0.6) is 0 Å². The van der Waals surface area contributed by atoms with Gasteiger partial charge in [-0.1, -0.05) is 12.0 Å². The number of likely N-dealkylation sites (tertiary alicyclic amines) is 2. The lowest BCUT2D eigenvalue weighted by atomic mass is 9.95. The number of terminal acetylenes is 1. The van der Waals surface area contributed by atoms with Crippen LogP contribution in [0.3, 0.4) is 0 Å². The highest BCUT2D eigenvalue weighted by molar-refractivity contribution is 5.88.